The molecule has 1 aromatic heterocycles. The maximum Gasteiger partial charge on any atom is 0.162 e. The minimum atomic E-state index is 0.651. The fourth-order valence-corrected chi connectivity index (χ4v) is 3.00. The van der Waals surface area contributed by atoms with Crippen molar-refractivity contribution in [2.24, 2.45) is 0 Å². The van der Waals surface area contributed by atoms with Crippen LogP contribution in [0.25, 0.3) is 10.9 Å². The van der Waals surface area contributed by atoms with Gasteiger partial charge in [-0.05, 0) is 36.4 Å². The van der Waals surface area contributed by atoms with Crippen LogP contribution >= 0.6 is 0 Å². The molecule has 0 spiro atoms. The molecular formula is C23H20N2O3. The zero-order chi connectivity index (χ0) is 19.3. The second kappa shape index (κ2) is 7.88. The summed E-state index contributed by atoms with van der Waals surface area (Å²) in [5.74, 6) is 2.87. The molecule has 0 fully saturated rings. The van der Waals surface area contributed by atoms with Crippen molar-refractivity contribution in [1.29, 1.82) is 0 Å². The number of anilines is 2. The van der Waals surface area contributed by atoms with Crippen molar-refractivity contribution in [3.63, 3.8) is 0 Å². The Bertz CT molecular complexity index is 1100. The third-order valence-corrected chi connectivity index (χ3v) is 4.34. The number of nitrogens with one attached hydrogen (secondary N) is 1. The van der Waals surface area contributed by atoms with Crippen molar-refractivity contribution in [2.75, 3.05) is 19.5 Å². The van der Waals surface area contributed by atoms with Crippen LogP contribution in [0.4, 0.5) is 11.4 Å². The highest BCUT2D eigenvalue weighted by Crippen LogP contribution is 2.35. The molecule has 0 amide bonds. The van der Waals surface area contributed by atoms with E-state index in [1.54, 1.807) is 20.4 Å². The van der Waals surface area contributed by atoms with E-state index < -0.39 is 0 Å². The predicted molar refractivity (Wildman–Crippen MR) is 111 cm³/mol. The lowest BCUT2D eigenvalue weighted by Crippen LogP contribution is -1.96. The summed E-state index contributed by atoms with van der Waals surface area (Å²) < 4.78 is 16.7. The molecule has 4 rings (SSSR count). The van der Waals surface area contributed by atoms with E-state index >= 15 is 0 Å². The lowest BCUT2D eigenvalue weighted by atomic mass is 10.1. The summed E-state index contributed by atoms with van der Waals surface area (Å²) >= 11 is 0. The summed E-state index contributed by atoms with van der Waals surface area (Å²) in [6.07, 6.45) is 1.76. The number of aromatic nitrogens is 1. The zero-order valence-corrected chi connectivity index (χ0v) is 15.7. The summed E-state index contributed by atoms with van der Waals surface area (Å²) in [5, 5.41) is 4.38. The van der Waals surface area contributed by atoms with E-state index in [0.717, 1.165) is 33.8 Å². The van der Waals surface area contributed by atoms with Gasteiger partial charge in [-0.3, -0.25) is 4.98 Å². The number of benzene rings is 3. The maximum atomic E-state index is 5.92. The lowest BCUT2D eigenvalue weighted by Gasteiger charge is -2.13. The highest BCUT2D eigenvalue weighted by Gasteiger charge is 2.10. The summed E-state index contributed by atoms with van der Waals surface area (Å²) in [7, 11) is 3.24. The Hall–Kier alpha value is -3.73. The van der Waals surface area contributed by atoms with E-state index in [1.807, 2.05) is 72.8 Å². The Morgan fingerprint density at radius 2 is 1.50 bits per heavy atom. The number of methoxy groups -OCH3 is 2. The Balaban J connectivity index is 1.65. The summed E-state index contributed by atoms with van der Waals surface area (Å²) in [5.41, 5.74) is 2.65. The number of pyridine rings is 1. The van der Waals surface area contributed by atoms with Crippen molar-refractivity contribution >= 4 is 22.3 Å². The largest absolute Gasteiger partial charge is 0.493 e. The normalized spacial score (nSPS) is 10.5. The van der Waals surface area contributed by atoms with Gasteiger partial charge in [0.2, 0.25) is 0 Å². The number of para-hydroxylation sites is 1. The average Bonchev–Trinajstić information content (AvgIpc) is 2.74. The molecule has 3 aromatic carbocycles. The first-order chi connectivity index (χ1) is 13.8. The number of rotatable bonds is 6. The van der Waals surface area contributed by atoms with Gasteiger partial charge in [0.1, 0.15) is 11.5 Å². The van der Waals surface area contributed by atoms with Gasteiger partial charge in [-0.2, -0.15) is 0 Å². The molecule has 0 radical (unpaired) electrons. The first kappa shape index (κ1) is 17.7. The summed E-state index contributed by atoms with van der Waals surface area (Å²) in [6.45, 7) is 0. The molecule has 0 aliphatic carbocycles. The van der Waals surface area contributed by atoms with Crippen LogP contribution in [0.5, 0.6) is 23.0 Å². The first-order valence-electron chi connectivity index (χ1n) is 8.87. The Morgan fingerprint density at radius 3 is 2.29 bits per heavy atom. The highest BCUT2D eigenvalue weighted by molar-refractivity contribution is 5.95. The molecule has 1 heterocycles. The minimum Gasteiger partial charge on any atom is -0.493 e. The number of ether oxygens (including phenoxy) is 3. The topological polar surface area (TPSA) is 52.6 Å². The highest BCUT2D eigenvalue weighted by atomic mass is 16.5. The molecule has 5 nitrogen and oxygen atoms in total. The third-order valence-electron chi connectivity index (χ3n) is 4.34. The van der Waals surface area contributed by atoms with Crippen molar-refractivity contribution in [3.05, 3.63) is 79.0 Å². The molecule has 0 atom stereocenters. The van der Waals surface area contributed by atoms with Gasteiger partial charge < -0.3 is 19.5 Å². The van der Waals surface area contributed by atoms with Crippen molar-refractivity contribution < 1.29 is 14.2 Å². The van der Waals surface area contributed by atoms with Gasteiger partial charge in [0.25, 0.3) is 0 Å². The van der Waals surface area contributed by atoms with Crippen LogP contribution in [0.3, 0.4) is 0 Å². The van der Waals surface area contributed by atoms with Gasteiger partial charge in [0.15, 0.2) is 11.5 Å². The van der Waals surface area contributed by atoms with Crippen LogP contribution in [-0.4, -0.2) is 19.2 Å². The fraction of sp³-hybridized carbons (Fsp3) is 0.0870. The maximum absolute atomic E-state index is 5.92. The van der Waals surface area contributed by atoms with Crippen LogP contribution in [0.15, 0.2) is 79.0 Å². The van der Waals surface area contributed by atoms with Crippen LogP contribution < -0.4 is 19.5 Å². The molecule has 140 valence electrons. The van der Waals surface area contributed by atoms with Gasteiger partial charge in [-0.15, -0.1) is 0 Å². The van der Waals surface area contributed by atoms with E-state index in [9.17, 15) is 0 Å². The molecule has 0 bridgehead atoms. The second-order valence-electron chi connectivity index (χ2n) is 6.15. The standard InChI is InChI=1S/C23H20N2O3/c1-26-22-14-19-20(11-12-24-21(19)15-23(22)27-2)25-16-7-6-10-18(13-16)28-17-8-4-3-5-9-17/h3-15H,1-2H3,(H,24,25). The molecule has 28 heavy (non-hydrogen) atoms. The van der Waals surface area contributed by atoms with Crippen LogP contribution in [0, 0.1) is 0 Å². The number of nitrogens with zero attached hydrogens (tertiary/aromatic N) is 1. The number of fused-ring (bicyclic) bond motifs is 1. The third kappa shape index (κ3) is 3.69. The minimum absolute atomic E-state index is 0.651. The van der Waals surface area contributed by atoms with Crippen molar-refractivity contribution in [1.82, 2.24) is 4.98 Å². The van der Waals surface area contributed by atoms with E-state index in [1.165, 1.54) is 0 Å². The quantitative estimate of drug-likeness (QED) is 0.464. The Labute approximate surface area is 163 Å². The molecule has 5 heteroatoms. The molecule has 0 saturated heterocycles. The predicted octanol–water partition coefficient (Wildman–Crippen LogP) is 5.79. The van der Waals surface area contributed by atoms with Crippen LogP contribution in [0.1, 0.15) is 0 Å². The van der Waals surface area contributed by atoms with Gasteiger partial charge in [-0.1, -0.05) is 24.3 Å². The van der Waals surface area contributed by atoms with E-state index in [0.29, 0.717) is 11.5 Å². The number of hydrogen-bond acceptors (Lipinski definition) is 5. The molecule has 4 aromatic rings. The van der Waals surface area contributed by atoms with Crippen LogP contribution in [-0.2, 0) is 0 Å². The van der Waals surface area contributed by atoms with E-state index in [4.69, 9.17) is 14.2 Å². The number of hydrogen-bond donors (Lipinski definition) is 1. The molecule has 0 aliphatic rings. The van der Waals surface area contributed by atoms with Crippen LogP contribution in [0.2, 0.25) is 0 Å². The second-order valence-corrected chi connectivity index (χ2v) is 6.15. The van der Waals surface area contributed by atoms with Gasteiger partial charge in [0, 0.05) is 35.1 Å². The smallest absolute Gasteiger partial charge is 0.162 e. The SMILES string of the molecule is COc1cc2nccc(Nc3cccc(Oc4ccccc4)c3)c2cc1OC. The monoisotopic (exact) mass is 372 g/mol. The zero-order valence-electron chi connectivity index (χ0n) is 15.7. The molecule has 0 unspecified atom stereocenters. The van der Waals surface area contributed by atoms with Gasteiger partial charge >= 0.3 is 0 Å². The van der Waals surface area contributed by atoms with Crippen molar-refractivity contribution in [3.8, 4) is 23.0 Å². The molecule has 0 saturated carbocycles. The van der Waals surface area contributed by atoms with E-state index in [-0.39, 0.29) is 0 Å². The summed E-state index contributed by atoms with van der Waals surface area (Å²) in [4.78, 5) is 4.44. The first-order valence-corrected chi connectivity index (χ1v) is 8.87. The molecular weight excluding hydrogens is 352 g/mol. The fourth-order valence-electron chi connectivity index (χ4n) is 3.00. The van der Waals surface area contributed by atoms with Gasteiger partial charge in [-0.25, -0.2) is 0 Å². The Kier molecular flexibility index (Phi) is 4.97. The average molecular weight is 372 g/mol. The van der Waals surface area contributed by atoms with Gasteiger partial charge in [0.05, 0.1) is 19.7 Å². The molecule has 0 aliphatic heterocycles. The summed E-state index contributed by atoms with van der Waals surface area (Å²) in [6, 6.07) is 23.3. The Morgan fingerprint density at radius 1 is 0.750 bits per heavy atom. The van der Waals surface area contributed by atoms with E-state index in [2.05, 4.69) is 10.3 Å². The lowest BCUT2D eigenvalue weighted by molar-refractivity contribution is 0.356. The van der Waals surface area contributed by atoms with Crippen molar-refractivity contribution in [2.45, 2.75) is 0 Å². The molecule has 1 N–H and O–H groups in total.